The van der Waals surface area contributed by atoms with E-state index in [2.05, 4.69) is 9.97 Å². The zero-order valence-electron chi connectivity index (χ0n) is 12.8. The first-order valence-electron chi connectivity index (χ1n) is 7.42. The van der Waals surface area contributed by atoms with E-state index in [-0.39, 0.29) is 6.61 Å². The molecule has 0 fully saturated rings. The summed E-state index contributed by atoms with van der Waals surface area (Å²) in [5.41, 5.74) is 2.13. The third-order valence-electron chi connectivity index (χ3n) is 3.47. The molecular formula is C18H11ClN2O2S2. The molecule has 4 aromatic rings. The predicted octanol–water partition coefficient (Wildman–Crippen LogP) is 5.43. The van der Waals surface area contributed by atoms with Gasteiger partial charge in [-0.1, -0.05) is 35.9 Å². The van der Waals surface area contributed by atoms with E-state index in [1.54, 1.807) is 17.5 Å². The van der Waals surface area contributed by atoms with Crippen LogP contribution in [0.15, 0.2) is 53.9 Å². The fourth-order valence-electron chi connectivity index (χ4n) is 2.28. The number of rotatable bonds is 4. The highest BCUT2D eigenvalue weighted by Gasteiger charge is 2.14. The highest BCUT2D eigenvalue weighted by Crippen LogP contribution is 2.26. The second-order valence-electron chi connectivity index (χ2n) is 5.20. The van der Waals surface area contributed by atoms with Crippen LogP contribution >= 0.6 is 34.3 Å². The molecule has 0 aliphatic rings. The van der Waals surface area contributed by atoms with Crippen LogP contribution in [0.3, 0.4) is 0 Å². The Morgan fingerprint density at radius 3 is 2.68 bits per heavy atom. The van der Waals surface area contributed by atoms with Crippen molar-refractivity contribution >= 4 is 50.5 Å². The minimum Gasteiger partial charge on any atom is -0.454 e. The summed E-state index contributed by atoms with van der Waals surface area (Å²) in [5, 5.41) is 3.88. The molecule has 0 aliphatic carbocycles. The number of benzene rings is 2. The number of nitrogens with zero attached hydrogens (tertiary/aromatic N) is 2. The SMILES string of the molecule is O=C(OCc1nc2ccccc2s1)c1csc(-c2ccc(Cl)cc2)n1. The molecule has 0 saturated carbocycles. The Bertz CT molecular complexity index is 1010. The van der Waals surface area contributed by atoms with Crippen molar-refractivity contribution in [2.75, 3.05) is 0 Å². The summed E-state index contributed by atoms with van der Waals surface area (Å²) in [7, 11) is 0. The molecular weight excluding hydrogens is 376 g/mol. The minimum atomic E-state index is -0.448. The number of ether oxygens (including phenoxy) is 1. The van der Waals surface area contributed by atoms with Crippen LogP contribution in [0.25, 0.3) is 20.8 Å². The van der Waals surface area contributed by atoms with Gasteiger partial charge in [-0.2, -0.15) is 0 Å². The number of para-hydroxylation sites is 1. The van der Waals surface area contributed by atoms with Gasteiger partial charge in [-0.05, 0) is 24.3 Å². The second kappa shape index (κ2) is 6.92. The van der Waals surface area contributed by atoms with Gasteiger partial charge in [-0.25, -0.2) is 14.8 Å². The fraction of sp³-hybridized carbons (Fsp3) is 0.0556. The number of halogens is 1. The summed E-state index contributed by atoms with van der Waals surface area (Å²) < 4.78 is 6.42. The van der Waals surface area contributed by atoms with Crippen molar-refractivity contribution < 1.29 is 9.53 Å². The van der Waals surface area contributed by atoms with Crippen LogP contribution < -0.4 is 0 Å². The number of carbonyl (C=O) groups excluding carboxylic acids is 1. The average Bonchev–Trinajstić information content (AvgIpc) is 3.27. The molecule has 0 amide bonds. The largest absolute Gasteiger partial charge is 0.454 e. The molecule has 0 aliphatic heterocycles. The molecule has 0 N–H and O–H groups in total. The van der Waals surface area contributed by atoms with Crippen molar-refractivity contribution in [1.82, 2.24) is 9.97 Å². The molecule has 0 unspecified atom stereocenters. The van der Waals surface area contributed by atoms with Crippen molar-refractivity contribution in [2.24, 2.45) is 0 Å². The molecule has 0 bridgehead atoms. The third kappa shape index (κ3) is 3.56. The monoisotopic (exact) mass is 386 g/mol. The average molecular weight is 387 g/mol. The smallest absolute Gasteiger partial charge is 0.358 e. The summed E-state index contributed by atoms with van der Waals surface area (Å²) >= 11 is 8.80. The molecule has 7 heteroatoms. The summed E-state index contributed by atoms with van der Waals surface area (Å²) in [4.78, 5) is 21.0. The van der Waals surface area contributed by atoms with E-state index in [1.807, 2.05) is 36.4 Å². The van der Waals surface area contributed by atoms with E-state index in [4.69, 9.17) is 16.3 Å². The lowest BCUT2D eigenvalue weighted by molar-refractivity contribution is 0.0466. The van der Waals surface area contributed by atoms with Crippen LogP contribution in [0.5, 0.6) is 0 Å². The number of thiazole rings is 2. The Balaban J connectivity index is 1.45. The topological polar surface area (TPSA) is 52.1 Å². The number of hydrogen-bond acceptors (Lipinski definition) is 6. The second-order valence-corrected chi connectivity index (χ2v) is 7.61. The maximum Gasteiger partial charge on any atom is 0.358 e. The van der Waals surface area contributed by atoms with Crippen LogP contribution in [0.4, 0.5) is 0 Å². The van der Waals surface area contributed by atoms with E-state index in [9.17, 15) is 4.79 Å². The van der Waals surface area contributed by atoms with Crippen LogP contribution in [-0.4, -0.2) is 15.9 Å². The van der Waals surface area contributed by atoms with Gasteiger partial charge in [0.25, 0.3) is 0 Å². The third-order valence-corrected chi connectivity index (χ3v) is 5.62. The lowest BCUT2D eigenvalue weighted by Gasteiger charge is -1.99. The zero-order chi connectivity index (χ0) is 17.2. The van der Waals surface area contributed by atoms with E-state index in [0.29, 0.717) is 10.7 Å². The fourth-order valence-corrected chi connectivity index (χ4v) is 4.08. The molecule has 25 heavy (non-hydrogen) atoms. The number of carbonyl (C=O) groups is 1. The van der Waals surface area contributed by atoms with Crippen molar-refractivity contribution in [2.45, 2.75) is 6.61 Å². The minimum absolute atomic E-state index is 0.145. The number of fused-ring (bicyclic) bond motifs is 1. The zero-order valence-corrected chi connectivity index (χ0v) is 15.2. The highest BCUT2D eigenvalue weighted by atomic mass is 35.5. The maximum absolute atomic E-state index is 12.2. The van der Waals surface area contributed by atoms with E-state index < -0.39 is 5.97 Å². The van der Waals surface area contributed by atoms with Gasteiger partial charge in [0.2, 0.25) is 0 Å². The van der Waals surface area contributed by atoms with Crippen molar-refractivity contribution in [3.8, 4) is 10.6 Å². The molecule has 0 atom stereocenters. The van der Waals surface area contributed by atoms with Crippen LogP contribution in [0, 0.1) is 0 Å². The normalized spacial score (nSPS) is 10.9. The Morgan fingerprint density at radius 2 is 1.88 bits per heavy atom. The van der Waals surface area contributed by atoms with E-state index >= 15 is 0 Å². The van der Waals surface area contributed by atoms with E-state index in [1.165, 1.54) is 22.7 Å². The molecule has 4 rings (SSSR count). The van der Waals surface area contributed by atoms with Crippen LogP contribution in [0.1, 0.15) is 15.5 Å². The predicted molar refractivity (Wildman–Crippen MR) is 101 cm³/mol. The molecule has 2 aromatic carbocycles. The molecule has 2 aromatic heterocycles. The van der Waals surface area contributed by atoms with Gasteiger partial charge in [0, 0.05) is 16.0 Å². The van der Waals surface area contributed by atoms with Gasteiger partial charge in [-0.15, -0.1) is 22.7 Å². The molecule has 124 valence electrons. The number of hydrogen-bond donors (Lipinski definition) is 0. The highest BCUT2D eigenvalue weighted by molar-refractivity contribution is 7.18. The van der Waals surface area contributed by atoms with Gasteiger partial charge < -0.3 is 4.74 Å². The molecule has 2 heterocycles. The number of esters is 1. The first kappa shape index (κ1) is 16.2. The molecule has 0 radical (unpaired) electrons. The lowest BCUT2D eigenvalue weighted by atomic mass is 10.2. The standard InChI is InChI=1S/C18H11ClN2O2S2/c19-12-7-5-11(6-8-12)17-21-14(10-24-17)18(22)23-9-16-20-13-3-1-2-4-15(13)25-16/h1-8,10H,9H2. The van der Waals surface area contributed by atoms with Crippen molar-refractivity contribution in [1.29, 1.82) is 0 Å². The summed E-state index contributed by atoms with van der Waals surface area (Å²) in [6, 6.07) is 15.2. The van der Waals surface area contributed by atoms with E-state index in [0.717, 1.165) is 25.8 Å². The first-order chi connectivity index (χ1) is 12.2. The molecule has 0 spiro atoms. The number of aromatic nitrogens is 2. The Hall–Kier alpha value is -2.28. The van der Waals surface area contributed by atoms with Crippen LogP contribution in [0.2, 0.25) is 5.02 Å². The van der Waals surface area contributed by atoms with Crippen LogP contribution in [-0.2, 0) is 11.3 Å². The quantitative estimate of drug-likeness (QED) is 0.439. The Labute approximate surface area is 156 Å². The van der Waals surface area contributed by atoms with Gasteiger partial charge >= 0.3 is 5.97 Å². The summed E-state index contributed by atoms with van der Waals surface area (Å²) in [6.07, 6.45) is 0. The molecule has 4 nitrogen and oxygen atoms in total. The summed E-state index contributed by atoms with van der Waals surface area (Å²) in [6.45, 7) is 0.145. The van der Waals surface area contributed by atoms with Gasteiger partial charge in [0.1, 0.15) is 16.6 Å². The van der Waals surface area contributed by atoms with Gasteiger partial charge in [0.05, 0.1) is 10.2 Å². The van der Waals surface area contributed by atoms with Gasteiger partial charge in [0.15, 0.2) is 5.69 Å². The maximum atomic E-state index is 12.2. The van der Waals surface area contributed by atoms with Crippen molar-refractivity contribution in [3.05, 3.63) is 69.6 Å². The Morgan fingerprint density at radius 1 is 1.08 bits per heavy atom. The summed E-state index contributed by atoms with van der Waals surface area (Å²) in [5.74, 6) is -0.448. The Kier molecular flexibility index (Phi) is 4.48. The van der Waals surface area contributed by atoms with Crippen molar-refractivity contribution in [3.63, 3.8) is 0 Å². The lowest BCUT2D eigenvalue weighted by Crippen LogP contribution is -2.05. The van der Waals surface area contributed by atoms with Gasteiger partial charge in [-0.3, -0.25) is 0 Å². The first-order valence-corrected chi connectivity index (χ1v) is 9.49. The molecule has 0 saturated heterocycles.